The van der Waals surface area contributed by atoms with Gasteiger partial charge in [-0.25, -0.2) is 9.97 Å². The van der Waals surface area contributed by atoms with E-state index in [4.69, 9.17) is 19.6 Å². The second-order valence-electron chi connectivity index (χ2n) is 5.25. The Morgan fingerprint density at radius 2 is 1.96 bits per heavy atom. The maximum Gasteiger partial charge on any atom is 0.223 e. The third kappa shape index (κ3) is 2.53. The summed E-state index contributed by atoms with van der Waals surface area (Å²) in [6.45, 7) is 0. The van der Waals surface area contributed by atoms with Crippen LogP contribution in [0.5, 0.6) is 11.5 Å². The first-order chi connectivity index (χ1) is 12.2. The lowest BCUT2D eigenvalue weighted by atomic mass is 10.1. The van der Waals surface area contributed by atoms with Crippen LogP contribution in [0.4, 0.5) is 5.95 Å². The van der Waals surface area contributed by atoms with Gasteiger partial charge in [-0.1, -0.05) is 0 Å². The van der Waals surface area contributed by atoms with Gasteiger partial charge in [0.2, 0.25) is 11.8 Å². The number of furan rings is 1. The Bertz CT molecular complexity index is 1040. The van der Waals surface area contributed by atoms with E-state index < -0.39 is 0 Å². The van der Waals surface area contributed by atoms with Gasteiger partial charge in [-0.15, -0.1) is 5.10 Å². The number of benzene rings is 1. The molecule has 0 aliphatic carbocycles. The van der Waals surface area contributed by atoms with Crippen LogP contribution in [-0.4, -0.2) is 33.8 Å². The minimum atomic E-state index is 0.218. The molecule has 0 spiro atoms. The van der Waals surface area contributed by atoms with E-state index in [1.807, 2.05) is 12.1 Å². The number of nitrogen functional groups attached to an aromatic ring is 1. The Labute approximate surface area is 142 Å². The summed E-state index contributed by atoms with van der Waals surface area (Å²) in [6.07, 6.45) is 1.57. The Morgan fingerprint density at radius 1 is 1.08 bits per heavy atom. The van der Waals surface area contributed by atoms with Gasteiger partial charge in [-0.3, -0.25) is 0 Å². The van der Waals surface area contributed by atoms with Gasteiger partial charge in [0.1, 0.15) is 11.5 Å². The molecule has 3 aromatic heterocycles. The van der Waals surface area contributed by atoms with Crippen LogP contribution >= 0.6 is 0 Å². The lowest BCUT2D eigenvalue weighted by Crippen LogP contribution is -2.03. The van der Waals surface area contributed by atoms with Crippen molar-refractivity contribution in [3.63, 3.8) is 0 Å². The molecule has 4 rings (SSSR count). The fourth-order valence-electron chi connectivity index (χ4n) is 2.57. The molecule has 2 N–H and O–H groups in total. The largest absolute Gasteiger partial charge is 0.497 e. The molecule has 0 saturated heterocycles. The van der Waals surface area contributed by atoms with Crippen molar-refractivity contribution in [2.24, 2.45) is 0 Å². The normalized spacial score (nSPS) is 11.0. The molecule has 0 aliphatic rings. The van der Waals surface area contributed by atoms with Crippen LogP contribution in [0.15, 0.2) is 47.1 Å². The van der Waals surface area contributed by atoms with Crippen molar-refractivity contribution in [3.05, 3.63) is 42.7 Å². The average Bonchev–Trinajstić information content (AvgIpc) is 3.30. The number of hydrogen-bond acceptors (Lipinski definition) is 7. The van der Waals surface area contributed by atoms with Gasteiger partial charge in [0.15, 0.2) is 11.4 Å². The summed E-state index contributed by atoms with van der Waals surface area (Å²) in [5.74, 6) is 2.54. The third-order valence-corrected chi connectivity index (χ3v) is 3.78. The van der Waals surface area contributed by atoms with Crippen LogP contribution in [0.2, 0.25) is 0 Å². The third-order valence-electron chi connectivity index (χ3n) is 3.78. The molecule has 0 radical (unpaired) electrons. The van der Waals surface area contributed by atoms with E-state index in [0.717, 1.165) is 5.56 Å². The minimum Gasteiger partial charge on any atom is -0.497 e. The second-order valence-corrected chi connectivity index (χ2v) is 5.25. The molecule has 0 saturated carbocycles. The first-order valence-electron chi connectivity index (χ1n) is 7.49. The molecule has 8 heteroatoms. The first-order valence-corrected chi connectivity index (χ1v) is 7.49. The van der Waals surface area contributed by atoms with Gasteiger partial charge in [-0.05, 0) is 24.3 Å². The zero-order valence-electron chi connectivity index (χ0n) is 13.6. The van der Waals surface area contributed by atoms with Gasteiger partial charge < -0.3 is 19.6 Å². The van der Waals surface area contributed by atoms with Crippen LogP contribution in [-0.2, 0) is 0 Å². The predicted molar refractivity (Wildman–Crippen MR) is 91.4 cm³/mol. The van der Waals surface area contributed by atoms with Gasteiger partial charge in [-0.2, -0.15) is 4.52 Å². The highest BCUT2D eigenvalue weighted by Crippen LogP contribution is 2.33. The number of ether oxygens (including phenoxy) is 2. The van der Waals surface area contributed by atoms with Gasteiger partial charge in [0, 0.05) is 17.7 Å². The quantitative estimate of drug-likeness (QED) is 0.611. The Morgan fingerprint density at radius 3 is 2.68 bits per heavy atom. The van der Waals surface area contributed by atoms with Crippen LogP contribution in [0.3, 0.4) is 0 Å². The molecule has 8 nitrogen and oxygen atoms in total. The van der Waals surface area contributed by atoms with Crippen molar-refractivity contribution < 1.29 is 13.9 Å². The molecule has 0 amide bonds. The number of nitrogens with zero attached hydrogens (tertiary/aromatic N) is 4. The Balaban J connectivity index is 1.86. The Kier molecular flexibility index (Phi) is 3.50. The maximum absolute atomic E-state index is 6.06. The molecular formula is C17H15N5O3. The van der Waals surface area contributed by atoms with Crippen molar-refractivity contribution in [3.8, 4) is 34.3 Å². The summed E-state index contributed by atoms with van der Waals surface area (Å²) >= 11 is 0. The van der Waals surface area contributed by atoms with Crippen LogP contribution in [0.1, 0.15) is 0 Å². The summed E-state index contributed by atoms with van der Waals surface area (Å²) in [4.78, 5) is 8.88. The van der Waals surface area contributed by atoms with E-state index in [2.05, 4.69) is 15.1 Å². The van der Waals surface area contributed by atoms with Crippen molar-refractivity contribution in [2.75, 3.05) is 20.0 Å². The first kappa shape index (κ1) is 15.0. The topological polar surface area (TPSA) is 101 Å². The highest BCUT2D eigenvalue weighted by molar-refractivity contribution is 5.72. The monoisotopic (exact) mass is 337 g/mol. The van der Waals surface area contributed by atoms with Gasteiger partial charge in [0.05, 0.1) is 26.2 Å². The fraction of sp³-hybridized carbons (Fsp3) is 0.118. The smallest absolute Gasteiger partial charge is 0.223 e. The van der Waals surface area contributed by atoms with Crippen molar-refractivity contribution in [1.29, 1.82) is 0 Å². The minimum absolute atomic E-state index is 0.218. The average molecular weight is 337 g/mol. The number of rotatable bonds is 4. The molecule has 1 aromatic carbocycles. The summed E-state index contributed by atoms with van der Waals surface area (Å²) in [5.41, 5.74) is 8.03. The second kappa shape index (κ2) is 5.82. The SMILES string of the molecule is COc1ccc(-c2cc3nc(-c4ccco4)nn3c(N)n2)c(OC)c1. The van der Waals surface area contributed by atoms with Crippen molar-refractivity contribution in [2.45, 2.75) is 0 Å². The lowest BCUT2D eigenvalue weighted by molar-refractivity contribution is 0.395. The number of fused-ring (bicyclic) bond motifs is 1. The molecule has 4 aromatic rings. The van der Waals surface area contributed by atoms with Crippen LogP contribution in [0.25, 0.3) is 28.5 Å². The maximum atomic E-state index is 6.06. The number of methoxy groups -OCH3 is 2. The summed E-state index contributed by atoms with van der Waals surface area (Å²) in [7, 11) is 3.19. The molecule has 0 fully saturated rings. The Hall–Kier alpha value is -3.55. The fourth-order valence-corrected chi connectivity index (χ4v) is 2.57. The number of hydrogen-bond donors (Lipinski definition) is 1. The summed E-state index contributed by atoms with van der Waals surface area (Å²) < 4.78 is 17.5. The molecular weight excluding hydrogens is 322 g/mol. The number of aromatic nitrogens is 4. The van der Waals surface area contributed by atoms with Crippen molar-refractivity contribution >= 4 is 11.6 Å². The number of nitrogens with two attached hydrogens (primary N) is 1. The van der Waals surface area contributed by atoms with E-state index in [1.54, 1.807) is 44.7 Å². The standard InChI is InChI=1S/C17H15N5O3/c1-23-10-5-6-11(14(8-10)24-2)12-9-15-20-16(13-4-3-7-25-13)21-22(15)17(18)19-12/h3-9H,1-2H3,(H2,18,19). The molecule has 3 heterocycles. The van der Waals surface area contributed by atoms with E-state index in [-0.39, 0.29) is 5.95 Å². The molecule has 0 unspecified atom stereocenters. The zero-order chi connectivity index (χ0) is 17.4. The molecule has 0 bridgehead atoms. The molecule has 126 valence electrons. The molecule has 0 aliphatic heterocycles. The predicted octanol–water partition coefficient (Wildman–Crippen LogP) is 2.65. The van der Waals surface area contributed by atoms with E-state index in [0.29, 0.717) is 34.4 Å². The highest BCUT2D eigenvalue weighted by atomic mass is 16.5. The highest BCUT2D eigenvalue weighted by Gasteiger charge is 2.15. The molecule has 25 heavy (non-hydrogen) atoms. The lowest BCUT2D eigenvalue weighted by Gasteiger charge is -2.10. The van der Waals surface area contributed by atoms with Gasteiger partial charge in [0.25, 0.3) is 0 Å². The van der Waals surface area contributed by atoms with Gasteiger partial charge >= 0.3 is 0 Å². The summed E-state index contributed by atoms with van der Waals surface area (Å²) in [5, 5.41) is 4.33. The van der Waals surface area contributed by atoms with Crippen LogP contribution in [0, 0.1) is 0 Å². The van der Waals surface area contributed by atoms with E-state index in [1.165, 1.54) is 4.52 Å². The van der Waals surface area contributed by atoms with Crippen molar-refractivity contribution in [1.82, 2.24) is 19.6 Å². The summed E-state index contributed by atoms with van der Waals surface area (Å²) in [6, 6.07) is 10.8. The zero-order valence-corrected chi connectivity index (χ0v) is 13.6. The van der Waals surface area contributed by atoms with Crippen LogP contribution < -0.4 is 15.2 Å². The van der Waals surface area contributed by atoms with E-state index >= 15 is 0 Å². The molecule has 0 atom stereocenters. The van der Waals surface area contributed by atoms with E-state index in [9.17, 15) is 0 Å². The number of anilines is 1.